The van der Waals surface area contributed by atoms with Crippen molar-refractivity contribution in [3.63, 3.8) is 0 Å². The minimum atomic E-state index is -0.386. The summed E-state index contributed by atoms with van der Waals surface area (Å²) in [7, 11) is 1.36. The fourth-order valence-corrected chi connectivity index (χ4v) is 2.72. The number of hydrogen-bond donors (Lipinski definition) is 0. The molecule has 1 heterocycles. The summed E-state index contributed by atoms with van der Waals surface area (Å²) in [6.07, 6.45) is 0. The van der Waals surface area contributed by atoms with Crippen LogP contribution in [0.5, 0.6) is 0 Å². The second-order valence-corrected chi connectivity index (χ2v) is 5.60. The van der Waals surface area contributed by atoms with Crippen LogP contribution in [0, 0.1) is 0 Å². The van der Waals surface area contributed by atoms with Crippen molar-refractivity contribution in [2.75, 3.05) is 12.9 Å². The smallest absolute Gasteiger partial charge is 0.320 e. The molecule has 0 saturated carbocycles. The molecule has 19 heavy (non-hydrogen) atoms. The monoisotopic (exact) mass is 342 g/mol. The predicted octanol–water partition coefficient (Wildman–Crippen LogP) is 1.69. The third kappa shape index (κ3) is 3.54. The molecule has 1 aromatic heterocycles. The zero-order valence-corrected chi connectivity index (χ0v) is 12.5. The standard InChI is InChI=1S/C11H11BrN4O2S/c1-18-10(17)9(12)7-19-11-13-14-15-16(11)8-5-3-2-4-6-8/h2-6,9H,7H2,1H3. The number of tetrazole rings is 1. The van der Waals surface area contributed by atoms with Gasteiger partial charge in [-0.2, -0.15) is 4.68 Å². The fraction of sp³-hybridized carbons (Fsp3) is 0.273. The number of aromatic nitrogens is 4. The van der Waals surface area contributed by atoms with Gasteiger partial charge >= 0.3 is 5.97 Å². The highest BCUT2D eigenvalue weighted by Crippen LogP contribution is 2.21. The van der Waals surface area contributed by atoms with Crippen LogP contribution in [0.2, 0.25) is 0 Å². The molecule has 0 saturated heterocycles. The van der Waals surface area contributed by atoms with Gasteiger partial charge in [-0.25, -0.2) is 0 Å². The number of thioether (sulfide) groups is 1. The second-order valence-electron chi connectivity index (χ2n) is 3.51. The number of carbonyl (C=O) groups excluding carboxylic acids is 1. The largest absolute Gasteiger partial charge is 0.468 e. The van der Waals surface area contributed by atoms with Crippen LogP contribution in [-0.4, -0.2) is 43.9 Å². The Bertz CT molecular complexity index is 549. The van der Waals surface area contributed by atoms with Crippen LogP contribution in [0.15, 0.2) is 35.5 Å². The van der Waals surface area contributed by atoms with Crippen molar-refractivity contribution < 1.29 is 9.53 Å². The van der Waals surface area contributed by atoms with E-state index in [9.17, 15) is 4.79 Å². The molecular weight excluding hydrogens is 332 g/mol. The van der Waals surface area contributed by atoms with E-state index < -0.39 is 0 Å². The lowest BCUT2D eigenvalue weighted by Gasteiger charge is -2.07. The van der Waals surface area contributed by atoms with E-state index in [1.165, 1.54) is 18.9 Å². The van der Waals surface area contributed by atoms with Crippen molar-refractivity contribution in [2.45, 2.75) is 9.98 Å². The molecule has 0 bridgehead atoms. The van der Waals surface area contributed by atoms with Crippen LogP contribution in [0.25, 0.3) is 5.69 Å². The van der Waals surface area contributed by atoms with Crippen LogP contribution in [-0.2, 0) is 9.53 Å². The fourth-order valence-electron chi connectivity index (χ4n) is 1.34. The number of hydrogen-bond acceptors (Lipinski definition) is 6. The van der Waals surface area contributed by atoms with E-state index in [0.29, 0.717) is 10.9 Å². The summed E-state index contributed by atoms with van der Waals surface area (Å²) < 4.78 is 6.27. The van der Waals surface area contributed by atoms with Gasteiger partial charge in [0.1, 0.15) is 4.83 Å². The van der Waals surface area contributed by atoms with Crippen molar-refractivity contribution in [3.05, 3.63) is 30.3 Å². The Morgan fingerprint density at radius 2 is 2.21 bits per heavy atom. The summed E-state index contributed by atoms with van der Waals surface area (Å²) in [6, 6.07) is 9.56. The van der Waals surface area contributed by atoms with Crippen molar-refractivity contribution in [2.24, 2.45) is 0 Å². The number of carbonyl (C=O) groups is 1. The Labute approximate surface area is 122 Å². The number of esters is 1. The predicted molar refractivity (Wildman–Crippen MR) is 74.6 cm³/mol. The molecule has 0 aliphatic rings. The Morgan fingerprint density at radius 3 is 2.89 bits per heavy atom. The van der Waals surface area contributed by atoms with Gasteiger partial charge in [0.05, 0.1) is 12.8 Å². The first-order valence-electron chi connectivity index (χ1n) is 5.41. The molecule has 1 aromatic carbocycles. The number of halogens is 1. The molecule has 2 rings (SSSR count). The maximum absolute atomic E-state index is 11.3. The van der Waals surface area contributed by atoms with Gasteiger partial charge in [-0.05, 0) is 22.6 Å². The van der Waals surface area contributed by atoms with E-state index in [4.69, 9.17) is 0 Å². The zero-order valence-electron chi connectivity index (χ0n) is 10.1. The lowest BCUT2D eigenvalue weighted by molar-refractivity contribution is -0.139. The van der Waals surface area contributed by atoms with E-state index in [1.54, 1.807) is 4.68 Å². The quantitative estimate of drug-likeness (QED) is 0.468. The molecule has 0 fully saturated rings. The number of alkyl halides is 1. The second kappa shape index (κ2) is 6.67. The van der Waals surface area contributed by atoms with Crippen LogP contribution in [0.3, 0.4) is 0 Å². The van der Waals surface area contributed by atoms with E-state index in [2.05, 4.69) is 36.2 Å². The van der Waals surface area contributed by atoms with Gasteiger partial charge in [0.15, 0.2) is 0 Å². The Kier molecular flexibility index (Phi) is 4.92. The average Bonchev–Trinajstić information content (AvgIpc) is 2.93. The number of nitrogens with zero attached hydrogens (tertiary/aromatic N) is 4. The summed E-state index contributed by atoms with van der Waals surface area (Å²) >= 11 is 4.64. The molecule has 0 amide bonds. The van der Waals surface area contributed by atoms with Crippen LogP contribution in [0.4, 0.5) is 0 Å². The van der Waals surface area contributed by atoms with Gasteiger partial charge < -0.3 is 4.74 Å². The topological polar surface area (TPSA) is 69.9 Å². The van der Waals surface area contributed by atoms with Crippen molar-refractivity contribution >= 4 is 33.7 Å². The summed E-state index contributed by atoms with van der Waals surface area (Å²) in [6.45, 7) is 0. The highest BCUT2D eigenvalue weighted by Gasteiger charge is 2.18. The van der Waals surface area contributed by atoms with E-state index in [1.807, 2.05) is 30.3 Å². The SMILES string of the molecule is COC(=O)C(Br)CSc1nnnn1-c1ccccc1. The molecule has 100 valence electrons. The number of para-hydroxylation sites is 1. The average molecular weight is 343 g/mol. The highest BCUT2D eigenvalue weighted by molar-refractivity contribution is 9.10. The Morgan fingerprint density at radius 1 is 1.47 bits per heavy atom. The third-order valence-corrected chi connectivity index (χ3v) is 4.40. The molecule has 0 radical (unpaired) electrons. The normalized spacial score (nSPS) is 12.1. The van der Waals surface area contributed by atoms with Gasteiger partial charge in [0, 0.05) is 5.75 Å². The third-order valence-electron chi connectivity index (χ3n) is 2.26. The molecule has 1 atom stereocenters. The molecular formula is C11H11BrN4O2S. The first kappa shape index (κ1) is 14.0. The van der Waals surface area contributed by atoms with Gasteiger partial charge in [-0.15, -0.1) is 5.10 Å². The van der Waals surface area contributed by atoms with E-state index in [0.717, 1.165) is 5.69 Å². The van der Waals surface area contributed by atoms with Crippen LogP contribution >= 0.6 is 27.7 Å². The maximum Gasteiger partial charge on any atom is 0.320 e. The molecule has 6 nitrogen and oxygen atoms in total. The van der Waals surface area contributed by atoms with Crippen LogP contribution in [0.1, 0.15) is 0 Å². The highest BCUT2D eigenvalue weighted by atomic mass is 79.9. The number of benzene rings is 1. The first-order chi connectivity index (χ1) is 9.22. The van der Waals surface area contributed by atoms with Gasteiger partial charge in [0.2, 0.25) is 5.16 Å². The summed E-state index contributed by atoms with van der Waals surface area (Å²) in [4.78, 5) is 10.9. The Hall–Kier alpha value is -1.41. The maximum atomic E-state index is 11.3. The molecule has 0 aliphatic heterocycles. The van der Waals surface area contributed by atoms with Crippen LogP contribution < -0.4 is 0 Å². The van der Waals surface area contributed by atoms with Gasteiger partial charge in [-0.1, -0.05) is 45.9 Å². The van der Waals surface area contributed by atoms with Crippen molar-refractivity contribution in [1.82, 2.24) is 20.2 Å². The molecule has 0 spiro atoms. The zero-order chi connectivity index (χ0) is 13.7. The summed E-state index contributed by atoms with van der Waals surface area (Å²) in [5.41, 5.74) is 0.874. The number of rotatable bonds is 5. The van der Waals surface area contributed by atoms with E-state index >= 15 is 0 Å². The number of methoxy groups -OCH3 is 1. The summed E-state index contributed by atoms with van der Waals surface area (Å²) in [5.74, 6) is 0.172. The van der Waals surface area contributed by atoms with Gasteiger partial charge in [0.25, 0.3) is 0 Å². The van der Waals surface area contributed by atoms with Crippen molar-refractivity contribution in [3.8, 4) is 5.69 Å². The van der Waals surface area contributed by atoms with Crippen molar-refractivity contribution in [1.29, 1.82) is 0 Å². The molecule has 1 unspecified atom stereocenters. The van der Waals surface area contributed by atoms with Gasteiger partial charge in [-0.3, -0.25) is 4.79 Å². The summed E-state index contributed by atoms with van der Waals surface area (Å²) in [5, 5.41) is 12.2. The minimum Gasteiger partial charge on any atom is -0.468 e. The Balaban J connectivity index is 2.07. The molecule has 8 heteroatoms. The lowest BCUT2D eigenvalue weighted by Crippen LogP contribution is -2.18. The lowest BCUT2D eigenvalue weighted by atomic mass is 10.3. The minimum absolute atomic E-state index is 0.314. The molecule has 0 N–H and O–H groups in total. The first-order valence-corrected chi connectivity index (χ1v) is 7.31. The molecule has 2 aromatic rings. The van der Waals surface area contributed by atoms with E-state index in [-0.39, 0.29) is 10.8 Å². The molecule has 0 aliphatic carbocycles. The number of ether oxygens (including phenoxy) is 1.